The summed E-state index contributed by atoms with van der Waals surface area (Å²) < 4.78 is 0. The molecule has 3 atom stereocenters. The highest BCUT2D eigenvalue weighted by atomic mass is 16.2. The third-order valence-corrected chi connectivity index (χ3v) is 4.47. The molecule has 0 spiro atoms. The van der Waals surface area contributed by atoms with Gasteiger partial charge in [-0.2, -0.15) is 0 Å². The van der Waals surface area contributed by atoms with Gasteiger partial charge < -0.3 is 11.1 Å². The lowest BCUT2D eigenvalue weighted by Crippen LogP contribution is -2.47. The Kier molecular flexibility index (Phi) is 3.24. The van der Waals surface area contributed by atoms with Crippen LogP contribution in [0.15, 0.2) is 0 Å². The van der Waals surface area contributed by atoms with Crippen LogP contribution >= 0.6 is 0 Å². The van der Waals surface area contributed by atoms with Crippen molar-refractivity contribution in [2.24, 2.45) is 17.1 Å². The molecule has 0 aromatic rings. The molecule has 1 amide bonds. The summed E-state index contributed by atoms with van der Waals surface area (Å²) in [7, 11) is 0. The Labute approximate surface area is 98.2 Å². The summed E-state index contributed by atoms with van der Waals surface area (Å²) in [6.45, 7) is 4.41. The van der Waals surface area contributed by atoms with E-state index in [1.807, 2.05) is 0 Å². The standard InChI is InChI=1S/C13H24N2O/c1-13(2)8-4-5-9(13)12(16)15-11-7-3-6-10(11)14/h9-11H,3-8,14H2,1-2H3,(H,15,16). The molecule has 0 aromatic heterocycles. The van der Waals surface area contributed by atoms with Crippen molar-refractivity contribution in [3.63, 3.8) is 0 Å². The first-order valence-electron chi connectivity index (χ1n) is 6.57. The van der Waals surface area contributed by atoms with Crippen LogP contribution < -0.4 is 11.1 Å². The molecule has 0 saturated heterocycles. The van der Waals surface area contributed by atoms with E-state index in [1.165, 1.54) is 12.8 Å². The van der Waals surface area contributed by atoms with Crippen LogP contribution in [0.5, 0.6) is 0 Å². The molecular formula is C13H24N2O. The second-order valence-electron chi connectivity index (χ2n) is 6.14. The van der Waals surface area contributed by atoms with Gasteiger partial charge in [-0.05, 0) is 37.5 Å². The van der Waals surface area contributed by atoms with Crippen LogP contribution in [0.3, 0.4) is 0 Å². The number of hydrogen-bond donors (Lipinski definition) is 2. The van der Waals surface area contributed by atoms with Crippen LogP contribution in [0.2, 0.25) is 0 Å². The summed E-state index contributed by atoms with van der Waals surface area (Å²) in [4.78, 5) is 12.2. The summed E-state index contributed by atoms with van der Waals surface area (Å²) in [6.07, 6.45) is 6.66. The van der Waals surface area contributed by atoms with Crippen LogP contribution in [0.25, 0.3) is 0 Å². The highest BCUT2D eigenvalue weighted by Gasteiger charge is 2.40. The van der Waals surface area contributed by atoms with Gasteiger partial charge in [0.15, 0.2) is 0 Å². The van der Waals surface area contributed by atoms with Gasteiger partial charge in [-0.3, -0.25) is 4.79 Å². The largest absolute Gasteiger partial charge is 0.352 e. The molecule has 0 radical (unpaired) electrons. The molecule has 3 nitrogen and oxygen atoms in total. The summed E-state index contributed by atoms with van der Waals surface area (Å²) in [5.74, 6) is 0.435. The summed E-state index contributed by atoms with van der Waals surface area (Å²) in [6, 6.07) is 0.400. The Hall–Kier alpha value is -0.570. The van der Waals surface area contributed by atoms with Gasteiger partial charge in [0, 0.05) is 18.0 Å². The molecule has 92 valence electrons. The topological polar surface area (TPSA) is 55.1 Å². The maximum Gasteiger partial charge on any atom is 0.223 e. The number of carbonyl (C=O) groups excluding carboxylic acids is 1. The fourth-order valence-electron chi connectivity index (χ4n) is 3.26. The predicted molar refractivity (Wildman–Crippen MR) is 64.9 cm³/mol. The van der Waals surface area contributed by atoms with Crippen LogP contribution in [0, 0.1) is 11.3 Å². The second-order valence-corrected chi connectivity index (χ2v) is 6.14. The van der Waals surface area contributed by atoms with E-state index in [4.69, 9.17) is 5.73 Å². The first-order valence-corrected chi connectivity index (χ1v) is 6.57. The number of carbonyl (C=O) groups is 1. The molecule has 2 saturated carbocycles. The monoisotopic (exact) mass is 224 g/mol. The van der Waals surface area contributed by atoms with Crippen LogP contribution in [0.1, 0.15) is 52.4 Å². The van der Waals surface area contributed by atoms with E-state index < -0.39 is 0 Å². The maximum atomic E-state index is 12.2. The Morgan fingerprint density at radius 2 is 2.00 bits per heavy atom. The Morgan fingerprint density at radius 1 is 1.25 bits per heavy atom. The van der Waals surface area contributed by atoms with Crippen LogP contribution in [0.4, 0.5) is 0 Å². The zero-order chi connectivity index (χ0) is 11.8. The van der Waals surface area contributed by atoms with Crippen LogP contribution in [-0.2, 0) is 4.79 Å². The summed E-state index contributed by atoms with van der Waals surface area (Å²) in [5.41, 5.74) is 6.15. The van der Waals surface area contributed by atoms with Crippen molar-refractivity contribution >= 4 is 5.91 Å². The fraction of sp³-hybridized carbons (Fsp3) is 0.923. The van der Waals surface area contributed by atoms with Gasteiger partial charge >= 0.3 is 0 Å². The van der Waals surface area contributed by atoms with Gasteiger partial charge in [0.25, 0.3) is 0 Å². The first-order chi connectivity index (χ1) is 7.50. The van der Waals surface area contributed by atoms with E-state index in [9.17, 15) is 4.79 Å². The molecule has 2 rings (SSSR count). The lowest BCUT2D eigenvalue weighted by molar-refractivity contribution is -0.128. The lowest BCUT2D eigenvalue weighted by Gasteiger charge is -2.28. The van der Waals surface area contributed by atoms with Crippen molar-refractivity contribution in [2.75, 3.05) is 0 Å². The van der Waals surface area contributed by atoms with E-state index in [2.05, 4.69) is 19.2 Å². The van der Waals surface area contributed by atoms with Gasteiger partial charge in [-0.25, -0.2) is 0 Å². The number of hydrogen-bond acceptors (Lipinski definition) is 2. The molecule has 2 aliphatic rings. The van der Waals surface area contributed by atoms with Crippen molar-refractivity contribution < 1.29 is 4.79 Å². The molecule has 0 aliphatic heterocycles. The molecule has 3 heteroatoms. The minimum atomic E-state index is 0.173. The zero-order valence-electron chi connectivity index (χ0n) is 10.5. The van der Waals surface area contributed by atoms with E-state index in [0.29, 0.717) is 0 Å². The number of nitrogens with two attached hydrogens (primary N) is 1. The molecular weight excluding hydrogens is 200 g/mol. The number of rotatable bonds is 2. The fourth-order valence-corrected chi connectivity index (χ4v) is 3.26. The Morgan fingerprint density at radius 3 is 2.50 bits per heavy atom. The summed E-state index contributed by atoms with van der Waals surface area (Å²) in [5, 5.41) is 3.16. The van der Waals surface area contributed by atoms with Gasteiger partial charge in [0.2, 0.25) is 5.91 Å². The van der Waals surface area contributed by atoms with Gasteiger partial charge in [0.1, 0.15) is 0 Å². The van der Waals surface area contributed by atoms with E-state index >= 15 is 0 Å². The minimum absolute atomic E-state index is 0.173. The van der Waals surface area contributed by atoms with E-state index in [-0.39, 0.29) is 29.3 Å². The molecule has 2 aliphatic carbocycles. The van der Waals surface area contributed by atoms with E-state index in [0.717, 1.165) is 25.7 Å². The highest BCUT2D eigenvalue weighted by Crippen LogP contribution is 2.42. The smallest absolute Gasteiger partial charge is 0.223 e. The van der Waals surface area contributed by atoms with Crippen molar-refractivity contribution in [1.29, 1.82) is 0 Å². The Bertz CT molecular complexity index is 275. The van der Waals surface area contributed by atoms with Gasteiger partial charge in [0.05, 0.1) is 0 Å². The second kappa shape index (κ2) is 4.36. The average molecular weight is 224 g/mol. The molecule has 2 fully saturated rings. The third kappa shape index (κ3) is 2.24. The van der Waals surface area contributed by atoms with Crippen molar-refractivity contribution in [3.05, 3.63) is 0 Å². The van der Waals surface area contributed by atoms with Crippen molar-refractivity contribution in [2.45, 2.75) is 64.5 Å². The van der Waals surface area contributed by atoms with Crippen molar-refractivity contribution in [1.82, 2.24) is 5.32 Å². The molecule has 3 N–H and O–H groups in total. The highest BCUT2D eigenvalue weighted by molar-refractivity contribution is 5.80. The quantitative estimate of drug-likeness (QED) is 0.751. The molecule has 0 bridgehead atoms. The Balaban J connectivity index is 1.93. The van der Waals surface area contributed by atoms with Gasteiger partial charge in [-0.15, -0.1) is 0 Å². The predicted octanol–water partition coefficient (Wildman–Crippen LogP) is 1.81. The third-order valence-electron chi connectivity index (χ3n) is 4.47. The van der Waals surface area contributed by atoms with Gasteiger partial charge in [-0.1, -0.05) is 20.3 Å². The minimum Gasteiger partial charge on any atom is -0.352 e. The molecule has 16 heavy (non-hydrogen) atoms. The van der Waals surface area contributed by atoms with E-state index in [1.54, 1.807) is 0 Å². The SMILES string of the molecule is CC1(C)CCCC1C(=O)NC1CCCC1N. The average Bonchev–Trinajstić information content (AvgIpc) is 2.73. The number of amides is 1. The molecule has 0 aromatic carbocycles. The molecule has 0 heterocycles. The normalized spacial score (nSPS) is 37.6. The summed E-state index contributed by atoms with van der Waals surface area (Å²) >= 11 is 0. The maximum absolute atomic E-state index is 12.2. The molecule has 3 unspecified atom stereocenters. The van der Waals surface area contributed by atoms with Crippen molar-refractivity contribution in [3.8, 4) is 0 Å². The van der Waals surface area contributed by atoms with Crippen LogP contribution in [-0.4, -0.2) is 18.0 Å². The first kappa shape index (κ1) is 11.9. The lowest BCUT2D eigenvalue weighted by atomic mass is 9.81. The zero-order valence-corrected chi connectivity index (χ0v) is 10.5. The number of nitrogens with one attached hydrogen (secondary N) is 1.